The summed E-state index contributed by atoms with van der Waals surface area (Å²) in [6.45, 7) is 2.00. The Morgan fingerprint density at radius 2 is 1.65 bits per heavy atom. The van der Waals surface area contributed by atoms with E-state index in [4.69, 9.17) is 11.6 Å². The molecule has 0 aliphatic heterocycles. The minimum atomic E-state index is -0.107. The van der Waals surface area contributed by atoms with Gasteiger partial charge < -0.3 is 0 Å². The van der Waals surface area contributed by atoms with Gasteiger partial charge >= 0.3 is 0 Å². The van der Waals surface area contributed by atoms with E-state index >= 15 is 0 Å². The summed E-state index contributed by atoms with van der Waals surface area (Å²) >= 11 is 5.92. The summed E-state index contributed by atoms with van der Waals surface area (Å²) in [5, 5.41) is 9.09. The topological polar surface area (TPSA) is 55.7 Å². The third-order valence-electron chi connectivity index (χ3n) is 4.13. The lowest BCUT2D eigenvalue weighted by atomic mass is 9.98. The Kier molecular flexibility index (Phi) is 4.19. The molecule has 126 valence electrons. The van der Waals surface area contributed by atoms with Crippen LogP contribution in [0, 0.1) is 6.92 Å². The normalized spacial score (nSPS) is 10.8. The number of hydrogen-bond acceptors (Lipinski definition) is 4. The second kappa shape index (κ2) is 6.65. The van der Waals surface area contributed by atoms with Crippen molar-refractivity contribution >= 4 is 28.4 Å². The number of fused-ring (bicyclic) bond motifs is 1. The number of benzene rings is 3. The SMILES string of the molecule is Cc1ccc2nc(-c3ccccc3C(=O)c3ccc(Cl)cc3)nnc2c1. The van der Waals surface area contributed by atoms with Gasteiger partial charge in [-0.05, 0) is 48.9 Å². The fourth-order valence-electron chi connectivity index (χ4n) is 2.79. The number of carbonyl (C=O) groups excluding carboxylic acids is 1. The van der Waals surface area contributed by atoms with E-state index in [0.29, 0.717) is 27.5 Å². The van der Waals surface area contributed by atoms with Crippen LogP contribution >= 0.6 is 11.6 Å². The number of aromatic nitrogens is 3. The maximum atomic E-state index is 12.9. The summed E-state index contributed by atoms with van der Waals surface area (Å²) in [4.78, 5) is 17.5. The molecule has 4 rings (SSSR count). The van der Waals surface area contributed by atoms with E-state index in [1.807, 2.05) is 43.3 Å². The molecule has 0 saturated heterocycles. The monoisotopic (exact) mass is 359 g/mol. The number of nitrogens with zero attached hydrogens (tertiary/aromatic N) is 3. The van der Waals surface area contributed by atoms with Crippen LogP contribution in [0.4, 0.5) is 0 Å². The van der Waals surface area contributed by atoms with Crippen molar-refractivity contribution in [2.24, 2.45) is 0 Å². The van der Waals surface area contributed by atoms with Gasteiger partial charge in [0.2, 0.25) is 0 Å². The minimum absolute atomic E-state index is 0.107. The lowest BCUT2D eigenvalue weighted by Crippen LogP contribution is -2.05. The first-order chi connectivity index (χ1) is 12.6. The third-order valence-corrected chi connectivity index (χ3v) is 4.38. The van der Waals surface area contributed by atoms with E-state index in [-0.39, 0.29) is 5.78 Å². The molecule has 0 radical (unpaired) electrons. The van der Waals surface area contributed by atoms with Crippen LogP contribution in [-0.2, 0) is 0 Å². The van der Waals surface area contributed by atoms with E-state index in [0.717, 1.165) is 16.6 Å². The van der Waals surface area contributed by atoms with Crippen molar-refractivity contribution in [1.29, 1.82) is 0 Å². The highest BCUT2D eigenvalue weighted by Crippen LogP contribution is 2.24. The molecule has 0 spiro atoms. The average Bonchev–Trinajstić information content (AvgIpc) is 2.67. The molecule has 0 N–H and O–H groups in total. The van der Waals surface area contributed by atoms with Gasteiger partial charge in [0.15, 0.2) is 11.6 Å². The van der Waals surface area contributed by atoms with Gasteiger partial charge in [-0.25, -0.2) is 4.98 Å². The lowest BCUT2D eigenvalue weighted by Gasteiger charge is -2.08. The van der Waals surface area contributed by atoms with Gasteiger partial charge in [-0.1, -0.05) is 41.9 Å². The van der Waals surface area contributed by atoms with Crippen LogP contribution < -0.4 is 0 Å². The molecule has 0 unspecified atom stereocenters. The summed E-state index contributed by atoms with van der Waals surface area (Å²) in [7, 11) is 0. The second-order valence-corrected chi connectivity index (χ2v) is 6.45. The summed E-state index contributed by atoms with van der Waals surface area (Å²) in [6, 6.07) is 19.9. The van der Waals surface area contributed by atoms with Gasteiger partial charge in [0, 0.05) is 21.7 Å². The molecule has 0 bridgehead atoms. The minimum Gasteiger partial charge on any atom is -0.289 e. The van der Waals surface area contributed by atoms with Crippen LogP contribution in [0.3, 0.4) is 0 Å². The highest BCUT2D eigenvalue weighted by atomic mass is 35.5. The fraction of sp³-hybridized carbons (Fsp3) is 0.0476. The molecule has 5 heteroatoms. The summed E-state index contributed by atoms with van der Waals surface area (Å²) in [5.41, 5.74) is 4.32. The zero-order valence-electron chi connectivity index (χ0n) is 14.0. The van der Waals surface area contributed by atoms with E-state index in [2.05, 4.69) is 15.2 Å². The van der Waals surface area contributed by atoms with E-state index in [1.165, 1.54) is 0 Å². The number of aryl methyl sites for hydroxylation is 1. The summed E-state index contributed by atoms with van der Waals surface area (Å²) in [6.07, 6.45) is 0. The van der Waals surface area contributed by atoms with Crippen LogP contribution in [-0.4, -0.2) is 21.0 Å². The van der Waals surface area contributed by atoms with Gasteiger partial charge in [0.25, 0.3) is 0 Å². The zero-order valence-corrected chi connectivity index (χ0v) is 14.7. The van der Waals surface area contributed by atoms with Gasteiger partial charge in [-0.15, -0.1) is 10.2 Å². The van der Waals surface area contributed by atoms with Crippen LogP contribution in [0.15, 0.2) is 66.7 Å². The van der Waals surface area contributed by atoms with Crippen LogP contribution in [0.1, 0.15) is 21.5 Å². The Hall–Kier alpha value is -3.11. The molecule has 4 aromatic rings. The van der Waals surface area contributed by atoms with Crippen molar-refractivity contribution < 1.29 is 4.79 Å². The molecule has 0 saturated carbocycles. The number of rotatable bonds is 3. The first-order valence-corrected chi connectivity index (χ1v) is 8.50. The largest absolute Gasteiger partial charge is 0.289 e. The van der Waals surface area contributed by atoms with Gasteiger partial charge in [0.1, 0.15) is 5.52 Å². The second-order valence-electron chi connectivity index (χ2n) is 6.01. The fourth-order valence-corrected chi connectivity index (χ4v) is 2.92. The van der Waals surface area contributed by atoms with Gasteiger partial charge in [-0.2, -0.15) is 0 Å². The first kappa shape index (κ1) is 16.4. The highest BCUT2D eigenvalue weighted by Gasteiger charge is 2.17. The number of halogens is 1. The quantitative estimate of drug-likeness (QED) is 0.489. The van der Waals surface area contributed by atoms with Gasteiger partial charge in [0.05, 0.1) is 5.52 Å². The standard InChI is InChI=1S/C21H14ClN3O/c1-13-6-11-18-19(12-13)24-25-21(23-18)17-5-3-2-4-16(17)20(26)14-7-9-15(22)10-8-14/h2-12H,1H3. The first-order valence-electron chi connectivity index (χ1n) is 8.12. The lowest BCUT2D eigenvalue weighted by molar-refractivity contribution is 0.103. The number of carbonyl (C=O) groups is 1. The molecule has 0 aliphatic carbocycles. The molecule has 0 fully saturated rings. The van der Waals surface area contributed by atoms with Gasteiger partial charge in [-0.3, -0.25) is 4.79 Å². The summed E-state index contributed by atoms with van der Waals surface area (Å²) in [5.74, 6) is 0.323. The van der Waals surface area contributed by atoms with E-state index in [1.54, 1.807) is 30.3 Å². The van der Waals surface area contributed by atoms with Crippen molar-refractivity contribution in [2.75, 3.05) is 0 Å². The highest BCUT2D eigenvalue weighted by molar-refractivity contribution is 6.30. The molecule has 0 aliphatic rings. The Bertz CT molecular complexity index is 1120. The molecule has 0 amide bonds. The maximum Gasteiger partial charge on any atom is 0.193 e. The number of hydrogen-bond donors (Lipinski definition) is 0. The molecule has 1 aromatic heterocycles. The van der Waals surface area contributed by atoms with Crippen molar-refractivity contribution in [3.63, 3.8) is 0 Å². The maximum absolute atomic E-state index is 12.9. The third kappa shape index (κ3) is 3.07. The smallest absolute Gasteiger partial charge is 0.193 e. The predicted molar refractivity (Wildman–Crippen MR) is 102 cm³/mol. The van der Waals surface area contributed by atoms with Crippen molar-refractivity contribution in [1.82, 2.24) is 15.2 Å². The zero-order chi connectivity index (χ0) is 18.1. The molecule has 26 heavy (non-hydrogen) atoms. The van der Waals surface area contributed by atoms with Crippen LogP contribution in [0.25, 0.3) is 22.4 Å². The van der Waals surface area contributed by atoms with E-state index < -0.39 is 0 Å². The predicted octanol–water partition coefficient (Wildman–Crippen LogP) is 4.88. The summed E-state index contributed by atoms with van der Waals surface area (Å²) < 4.78 is 0. The Labute approximate surface area is 155 Å². The van der Waals surface area contributed by atoms with Crippen LogP contribution in [0.2, 0.25) is 5.02 Å². The Balaban J connectivity index is 1.82. The molecule has 1 heterocycles. The van der Waals surface area contributed by atoms with Crippen molar-refractivity contribution in [2.45, 2.75) is 6.92 Å². The molecule has 3 aromatic carbocycles. The van der Waals surface area contributed by atoms with Crippen molar-refractivity contribution in [3.05, 3.63) is 88.4 Å². The Morgan fingerprint density at radius 1 is 0.885 bits per heavy atom. The molecular weight excluding hydrogens is 346 g/mol. The van der Waals surface area contributed by atoms with Crippen LogP contribution in [0.5, 0.6) is 0 Å². The van der Waals surface area contributed by atoms with E-state index in [9.17, 15) is 4.79 Å². The number of ketones is 1. The van der Waals surface area contributed by atoms with Crippen molar-refractivity contribution in [3.8, 4) is 11.4 Å². The average molecular weight is 360 g/mol. The molecule has 4 nitrogen and oxygen atoms in total. The Morgan fingerprint density at radius 3 is 2.46 bits per heavy atom. The molecular formula is C21H14ClN3O. The molecule has 0 atom stereocenters.